The number of benzene rings is 2. The van der Waals surface area contributed by atoms with Crippen LogP contribution in [-0.4, -0.2) is 39.5 Å². The summed E-state index contributed by atoms with van der Waals surface area (Å²) in [5.74, 6) is 0.0537. The molecule has 162 valence electrons. The van der Waals surface area contributed by atoms with Gasteiger partial charge in [0, 0.05) is 43.7 Å². The maximum Gasteiger partial charge on any atom is 0.261 e. The summed E-state index contributed by atoms with van der Waals surface area (Å²) in [6, 6.07) is 15.5. The number of aryl methyl sites for hydroxylation is 1. The van der Waals surface area contributed by atoms with E-state index >= 15 is 0 Å². The number of hydrogen-bond donors (Lipinski definition) is 1. The average Bonchev–Trinajstić information content (AvgIpc) is 2.78. The summed E-state index contributed by atoms with van der Waals surface area (Å²) in [6.07, 6.45) is 4.49. The van der Waals surface area contributed by atoms with E-state index in [1.807, 2.05) is 30.3 Å². The third-order valence-corrected chi connectivity index (χ3v) is 6.06. The molecule has 4 rings (SSSR count). The van der Waals surface area contributed by atoms with Crippen LogP contribution in [0.5, 0.6) is 0 Å². The van der Waals surface area contributed by atoms with Crippen molar-refractivity contribution in [2.45, 2.75) is 44.8 Å². The second-order valence-electron chi connectivity index (χ2n) is 8.11. The lowest BCUT2D eigenvalue weighted by Crippen LogP contribution is -2.44. The molecule has 1 aliphatic rings. The number of hydrogen-bond acceptors (Lipinski definition) is 4. The first-order valence-electron chi connectivity index (χ1n) is 10.8. The zero-order chi connectivity index (χ0) is 21.6. The smallest absolute Gasteiger partial charge is 0.261 e. The van der Waals surface area contributed by atoms with E-state index < -0.39 is 0 Å². The highest BCUT2D eigenvalue weighted by atomic mass is 35.5. The molecular formula is C24H27ClN4O2. The van der Waals surface area contributed by atoms with Crippen LogP contribution >= 0.6 is 11.6 Å². The van der Waals surface area contributed by atoms with Crippen molar-refractivity contribution in [3.8, 4) is 0 Å². The fraction of sp³-hybridized carbons (Fsp3) is 0.375. The van der Waals surface area contributed by atoms with Crippen molar-refractivity contribution in [3.05, 3.63) is 75.8 Å². The quantitative estimate of drug-likeness (QED) is 0.612. The Balaban J connectivity index is 1.19. The van der Waals surface area contributed by atoms with Gasteiger partial charge in [-0.15, -0.1) is 0 Å². The van der Waals surface area contributed by atoms with Crippen LogP contribution in [0.25, 0.3) is 10.9 Å². The van der Waals surface area contributed by atoms with E-state index in [0.29, 0.717) is 30.3 Å². The third-order valence-electron chi connectivity index (χ3n) is 5.81. The molecule has 0 saturated carbocycles. The van der Waals surface area contributed by atoms with Gasteiger partial charge in [-0.05, 0) is 49.1 Å². The molecule has 2 aromatic carbocycles. The van der Waals surface area contributed by atoms with Crippen LogP contribution in [0.1, 0.15) is 31.2 Å². The summed E-state index contributed by atoms with van der Waals surface area (Å²) in [7, 11) is 0. The molecule has 2 heterocycles. The molecule has 3 aromatic rings. The van der Waals surface area contributed by atoms with Crippen LogP contribution in [0.15, 0.2) is 59.7 Å². The van der Waals surface area contributed by atoms with Gasteiger partial charge in [0.2, 0.25) is 5.91 Å². The molecule has 0 aliphatic carbocycles. The van der Waals surface area contributed by atoms with E-state index in [4.69, 9.17) is 11.6 Å². The maximum atomic E-state index is 12.5. The number of amides is 1. The molecule has 0 radical (unpaired) electrons. The molecule has 6 nitrogen and oxygen atoms in total. The van der Waals surface area contributed by atoms with Crippen molar-refractivity contribution >= 4 is 28.4 Å². The molecular weight excluding hydrogens is 412 g/mol. The number of para-hydroxylation sites is 1. The molecule has 1 aliphatic heterocycles. The standard InChI is InChI=1S/C24H27ClN4O2/c25-19-9-7-18(8-10-19)16-28-14-11-20(12-15-28)27-23(30)6-3-13-29-17-26-22-5-2-1-4-21(22)24(29)31/h1-2,4-5,7-10,17,20H,3,6,11-16H2,(H,27,30). The van der Waals surface area contributed by atoms with Gasteiger partial charge in [-0.2, -0.15) is 0 Å². The number of fused-ring (bicyclic) bond motifs is 1. The molecule has 0 spiro atoms. The molecule has 31 heavy (non-hydrogen) atoms. The number of carbonyl (C=O) groups is 1. The fourth-order valence-corrected chi connectivity index (χ4v) is 4.18. The second-order valence-corrected chi connectivity index (χ2v) is 8.54. The zero-order valence-electron chi connectivity index (χ0n) is 17.5. The summed E-state index contributed by atoms with van der Waals surface area (Å²) >= 11 is 5.95. The van der Waals surface area contributed by atoms with E-state index in [1.165, 1.54) is 5.56 Å². The Kier molecular flexibility index (Phi) is 6.99. The van der Waals surface area contributed by atoms with Crippen LogP contribution in [0.4, 0.5) is 0 Å². The van der Waals surface area contributed by atoms with Crippen molar-refractivity contribution in [3.63, 3.8) is 0 Å². The Bertz CT molecular complexity index is 1090. The lowest BCUT2D eigenvalue weighted by molar-refractivity contribution is -0.122. The topological polar surface area (TPSA) is 67.2 Å². The summed E-state index contributed by atoms with van der Waals surface area (Å²) in [4.78, 5) is 31.6. The average molecular weight is 439 g/mol. The highest BCUT2D eigenvalue weighted by molar-refractivity contribution is 6.30. The molecule has 0 atom stereocenters. The predicted molar refractivity (Wildman–Crippen MR) is 123 cm³/mol. The van der Waals surface area contributed by atoms with Crippen molar-refractivity contribution in [1.29, 1.82) is 0 Å². The van der Waals surface area contributed by atoms with Gasteiger partial charge in [-0.3, -0.25) is 19.1 Å². The first kappa shape index (κ1) is 21.5. The Hall–Kier alpha value is -2.70. The molecule has 1 saturated heterocycles. The highest BCUT2D eigenvalue weighted by Gasteiger charge is 2.20. The van der Waals surface area contributed by atoms with Crippen LogP contribution in [0.3, 0.4) is 0 Å². The first-order valence-corrected chi connectivity index (χ1v) is 11.2. The molecule has 1 N–H and O–H groups in total. The number of carbonyl (C=O) groups excluding carboxylic acids is 1. The Morgan fingerprint density at radius 2 is 1.84 bits per heavy atom. The Morgan fingerprint density at radius 3 is 2.61 bits per heavy atom. The number of likely N-dealkylation sites (tertiary alicyclic amines) is 1. The van der Waals surface area contributed by atoms with E-state index in [0.717, 1.165) is 37.5 Å². The van der Waals surface area contributed by atoms with Gasteiger partial charge < -0.3 is 5.32 Å². The number of rotatable bonds is 7. The van der Waals surface area contributed by atoms with E-state index in [2.05, 4.69) is 27.3 Å². The largest absolute Gasteiger partial charge is 0.353 e. The molecule has 7 heteroatoms. The number of nitrogens with one attached hydrogen (secondary N) is 1. The normalized spacial score (nSPS) is 15.3. The maximum absolute atomic E-state index is 12.5. The van der Waals surface area contributed by atoms with Gasteiger partial charge in [0.1, 0.15) is 0 Å². The minimum Gasteiger partial charge on any atom is -0.353 e. The monoisotopic (exact) mass is 438 g/mol. The van der Waals surface area contributed by atoms with Gasteiger partial charge in [0.25, 0.3) is 5.56 Å². The van der Waals surface area contributed by atoms with E-state index in [-0.39, 0.29) is 17.5 Å². The SMILES string of the molecule is O=C(CCCn1cnc2ccccc2c1=O)NC1CCN(Cc2ccc(Cl)cc2)CC1. The molecule has 1 aromatic heterocycles. The van der Waals surface area contributed by atoms with E-state index in [9.17, 15) is 9.59 Å². The predicted octanol–water partition coefficient (Wildman–Crippen LogP) is 3.61. The van der Waals surface area contributed by atoms with Crippen molar-refractivity contribution in [1.82, 2.24) is 19.8 Å². The zero-order valence-corrected chi connectivity index (χ0v) is 18.2. The van der Waals surface area contributed by atoms with Crippen LogP contribution in [0, 0.1) is 0 Å². The van der Waals surface area contributed by atoms with Gasteiger partial charge in [-0.1, -0.05) is 35.9 Å². The molecule has 0 bridgehead atoms. The van der Waals surface area contributed by atoms with Crippen molar-refractivity contribution in [2.24, 2.45) is 0 Å². The van der Waals surface area contributed by atoms with Crippen LogP contribution in [0.2, 0.25) is 5.02 Å². The van der Waals surface area contributed by atoms with Crippen molar-refractivity contribution < 1.29 is 4.79 Å². The van der Waals surface area contributed by atoms with E-state index in [1.54, 1.807) is 17.0 Å². The molecule has 1 fully saturated rings. The summed E-state index contributed by atoms with van der Waals surface area (Å²) in [6.45, 7) is 3.33. The van der Waals surface area contributed by atoms with Crippen LogP contribution in [-0.2, 0) is 17.9 Å². The van der Waals surface area contributed by atoms with Gasteiger partial charge >= 0.3 is 0 Å². The summed E-state index contributed by atoms with van der Waals surface area (Å²) in [5.41, 5.74) is 1.90. The Labute approximate surface area is 186 Å². The molecule has 0 unspecified atom stereocenters. The second kappa shape index (κ2) is 10.1. The first-order chi connectivity index (χ1) is 15.1. The highest BCUT2D eigenvalue weighted by Crippen LogP contribution is 2.16. The lowest BCUT2D eigenvalue weighted by Gasteiger charge is -2.32. The minimum absolute atomic E-state index is 0.0537. The fourth-order valence-electron chi connectivity index (χ4n) is 4.06. The Morgan fingerprint density at radius 1 is 1.10 bits per heavy atom. The van der Waals surface area contributed by atoms with Gasteiger partial charge in [0.15, 0.2) is 0 Å². The lowest BCUT2D eigenvalue weighted by atomic mass is 10.0. The number of piperidine rings is 1. The molecule has 1 amide bonds. The number of halogens is 1. The number of aromatic nitrogens is 2. The van der Waals surface area contributed by atoms with Gasteiger partial charge in [0.05, 0.1) is 17.2 Å². The summed E-state index contributed by atoms with van der Waals surface area (Å²) < 4.78 is 1.59. The van der Waals surface area contributed by atoms with Crippen LogP contribution < -0.4 is 10.9 Å². The minimum atomic E-state index is -0.0564. The summed E-state index contributed by atoms with van der Waals surface area (Å²) in [5, 5.41) is 4.52. The van der Waals surface area contributed by atoms with Gasteiger partial charge in [-0.25, -0.2) is 4.98 Å². The number of nitrogens with zero attached hydrogens (tertiary/aromatic N) is 3. The third kappa shape index (κ3) is 5.71. The van der Waals surface area contributed by atoms with Crippen molar-refractivity contribution in [2.75, 3.05) is 13.1 Å².